The lowest BCUT2D eigenvalue weighted by Gasteiger charge is -2.04. The van der Waals surface area contributed by atoms with Gasteiger partial charge in [-0.25, -0.2) is 0 Å². The van der Waals surface area contributed by atoms with Crippen LogP contribution in [0.5, 0.6) is 0 Å². The monoisotopic (exact) mass is 236 g/mol. The predicted octanol–water partition coefficient (Wildman–Crippen LogP) is -0.446. The average molecular weight is 236 g/mol. The van der Waals surface area contributed by atoms with Crippen LogP contribution in [0.3, 0.4) is 0 Å². The minimum Gasteiger partial charge on any atom is -0.481 e. The van der Waals surface area contributed by atoms with E-state index in [4.69, 9.17) is 5.11 Å². The van der Waals surface area contributed by atoms with Crippen LogP contribution in [0, 0.1) is 0 Å². The van der Waals surface area contributed by atoms with Gasteiger partial charge in [0.2, 0.25) is 0 Å². The van der Waals surface area contributed by atoms with Crippen molar-refractivity contribution in [2.24, 2.45) is 0 Å². The fourth-order valence-electron chi connectivity index (χ4n) is 1.52. The number of hydrogen-bond donors (Lipinski definition) is 3. The quantitative estimate of drug-likeness (QED) is 0.483. The molecule has 7 nitrogen and oxygen atoms in total. The van der Waals surface area contributed by atoms with E-state index in [0.717, 1.165) is 0 Å². The van der Waals surface area contributed by atoms with Gasteiger partial charge in [0.25, 0.3) is 0 Å². The highest BCUT2D eigenvalue weighted by Crippen LogP contribution is 2.11. The number of aromatic nitrogens is 2. The zero-order valence-electron chi connectivity index (χ0n) is 8.51. The third-order valence-electron chi connectivity index (χ3n) is 2.28. The molecule has 88 valence electrons. The summed E-state index contributed by atoms with van der Waals surface area (Å²) in [6.45, 7) is 0. The number of carbonyl (C=O) groups is 1. The Morgan fingerprint density at radius 2 is 2.06 bits per heavy atom. The summed E-state index contributed by atoms with van der Waals surface area (Å²) in [7, 11) is 0. The van der Waals surface area contributed by atoms with Crippen molar-refractivity contribution in [3.63, 3.8) is 0 Å². The molecule has 2 aromatic rings. The zero-order chi connectivity index (χ0) is 12.6. The first kappa shape index (κ1) is 10.9. The van der Waals surface area contributed by atoms with Gasteiger partial charge in [0, 0.05) is 0 Å². The van der Waals surface area contributed by atoms with Crippen LogP contribution < -0.4 is 11.1 Å². The first-order chi connectivity index (χ1) is 7.99. The fraction of sp³-hybridized carbons (Fsp3) is 0.100. The van der Waals surface area contributed by atoms with E-state index >= 15 is 0 Å². The molecule has 0 aliphatic carbocycles. The number of hydrogen-bond acceptors (Lipinski definition) is 4. The van der Waals surface area contributed by atoms with Gasteiger partial charge in [-0.15, -0.1) is 4.73 Å². The summed E-state index contributed by atoms with van der Waals surface area (Å²) in [5, 5.41) is 18.1. The van der Waals surface area contributed by atoms with Gasteiger partial charge < -0.3 is 15.3 Å². The number of nitrogens with zero attached hydrogens (tertiary/aromatic N) is 1. The number of carboxylic acids is 1. The topological polar surface area (TPSA) is 112 Å². The van der Waals surface area contributed by atoms with Crippen LogP contribution >= 0.6 is 0 Å². The third-order valence-corrected chi connectivity index (χ3v) is 2.28. The molecule has 0 saturated carbocycles. The van der Waals surface area contributed by atoms with Gasteiger partial charge in [0.15, 0.2) is 0 Å². The van der Waals surface area contributed by atoms with Gasteiger partial charge in [-0.3, -0.25) is 14.4 Å². The molecule has 3 N–H and O–H groups in total. The smallest absolute Gasteiger partial charge is 0.348 e. The van der Waals surface area contributed by atoms with Crippen LogP contribution in [-0.4, -0.2) is 26.0 Å². The van der Waals surface area contributed by atoms with E-state index in [1.165, 1.54) is 18.2 Å². The minimum atomic E-state index is -1.11. The molecule has 0 unspecified atom stereocenters. The second-order valence-electron chi connectivity index (χ2n) is 3.49. The summed E-state index contributed by atoms with van der Waals surface area (Å²) in [6.07, 6.45) is -0.233. The normalized spacial score (nSPS) is 10.6. The zero-order valence-corrected chi connectivity index (χ0v) is 8.51. The fourth-order valence-corrected chi connectivity index (χ4v) is 1.52. The number of nitrogens with one attached hydrogen (secondary N) is 1. The maximum Gasteiger partial charge on any atom is 0.348 e. The van der Waals surface area contributed by atoms with Crippen molar-refractivity contribution in [2.75, 3.05) is 0 Å². The lowest BCUT2D eigenvalue weighted by molar-refractivity contribution is -0.136. The van der Waals surface area contributed by atoms with E-state index in [9.17, 15) is 19.6 Å². The molecular formula is C10H8N2O5. The molecule has 0 amide bonds. The maximum absolute atomic E-state index is 11.2. The van der Waals surface area contributed by atoms with Crippen molar-refractivity contribution in [3.05, 3.63) is 44.5 Å². The molecule has 17 heavy (non-hydrogen) atoms. The van der Waals surface area contributed by atoms with Gasteiger partial charge in [-0.05, 0) is 17.7 Å². The number of benzene rings is 1. The Labute approximate surface area is 93.5 Å². The second-order valence-corrected chi connectivity index (χ2v) is 3.49. The highest BCUT2D eigenvalue weighted by atomic mass is 16.5. The lowest BCUT2D eigenvalue weighted by atomic mass is 10.1. The molecule has 0 atom stereocenters. The molecule has 1 aromatic carbocycles. The van der Waals surface area contributed by atoms with Crippen molar-refractivity contribution in [3.8, 4) is 0 Å². The van der Waals surface area contributed by atoms with Crippen LogP contribution in [0.2, 0.25) is 0 Å². The van der Waals surface area contributed by atoms with Crippen LogP contribution in [0.4, 0.5) is 0 Å². The number of aromatic amines is 1. The Morgan fingerprint density at radius 3 is 2.71 bits per heavy atom. The van der Waals surface area contributed by atoms with Crippen molar-refractivity contribution in [1.29, 1.82) is 0 Å². The summed E-state index contributed by atoms with van der Waals surface area (Å²) in [5.41, 5.74) is -1.31. The lowest BCUT2D eigenvalue weighted by Crippen LogP contribution is -2.35. The molecule has 0 bridgehead atoms. The third kappa shape index (κ3) is 1.89. The Balaban J connectivity index is 2.73. The number of aliphatic carboxylic acids is 1. The summed E-state index contributed by atoms with van der Waals surface area (Å²) >= 11 is 0. The molecule has 0 radical (unpaired) electrons. The number of rotatable bonds is 2. The van der Waals surface area contributed by atoms with E-state index in [2.05, 4.69) is 4.98 Å². The van der Waals surface area contributed by atoms with Crippen LogP contribution in [-0.2, 0) is 11.2 Å². The molecule has 0 spiro atoms. The molecule has 0 aliphatic heterocycles. The van der Waals surface area contributed by atoms with E-state index in [1.54, 1.807) is 0 Å². The van der Waals surface area contributed by atoms with Crippen molar-refractivity contribution in [1.82, 2.24) is 9.71 Å². The number of carboxylic acid groups (broad SMARTS) is 1. The number of H-pyrrole nitrogens is 1. The van der Waals surface area contributed by atoms with Gasteiger partial charge in [-0.2, -0.15) is 0 Å². The maximum atomic E-state index is 11.2. The minimum absolute atomic E-state index is 0.0633. The van der Waals surface area contributed by atoms with Crippen LogP contribution in [0.1, 0.15) is 5.56 Å². The van der Waals surface area contributed by atoms with E-state index in [-0.39, 0.29) is 22.2 Å². The second kappa shape index (κ2) is 3.78. The Morgan fingerprint density at radius 1 is 1.35 bits per heavy atom. The Bertz CT molecular complexity index is 713. The first-order valence-corrected chi connectivity index (χ1v) is 4.68. The van der Waals surface area contributed by atoms with E-state index in [1.807, 2.05) is 0 Å². The molecule has 0 fully saturated rings. The van der Waals surface area contributed by atoms with E-state index < -0.39 is 17.1 Å². The molecular weight excluding hydrogens is 228 g/mol. The van der Waals surface area contributed by atoms with Gasteiger partial charge in [0.05, 0.1) is 11.9 Å². The van der Waals surface area contributed by atoms with Crippen LogP contribution in [0.15, 0.2) is 27.8 Å². The first-order valence-electron chi connectivity index (χ1n) is 4.68. The Kier molecular flexibility index (Phi) is 2.43. The summed E-state index contributed by atoms with van der Waals surface area (Å²) in [5.74, 6) is -1.03. The molecule has 1 aromatic heterocycles. The van der Waals surface area contributed by atoms with E-state index in [0.29, 0.717) is 5.56 Å². The molecule has 0 saturated heterocycles. The average Bonchev–Trinajstić information content (AvgIpc) is 2.26. The van der Waals surface area contributed by atoms with Crippen LogP contribution in [0.25, 0.3) is 11.0 Å². The number of fused-ring (bicyclic) bond motifs is 1. The Hall–Kier alpha value is -2.57. The summed E-state index contributed by atoms with van der Waals surface area (Å²) in [6, 6.07) is 4.26. The molecule has 0 aliphatic rings. The molecule has 7 heteroatoms. The summed E-state index contributed by atoms with van der Waals surface area (Å²) in [4.78, 5) is 35.0. The largest absolute Gasteiger partial charge is 0.481 e. The highest BCUT2D eigenvalue weighted by Gasteiger charge is 2.08. The van der Waals surface area contributed by atoms with Crippen molar-refractivity contribution in [2.45, 2.75) is 6.42 Å². The highest BCUT2D eigenvalue weighted by molar-refractivity contribution is 5.77. The van der Waals surface area contributed by atoms with Gasteiger partial charge >= 0.3 is 17.1 Å². The SMILES string of the molecule is O=C(O)Cc1ccc2[nH]c(=O)c(=O)n(O)c2c1. The predicted molar refractivity (Wildman–Crippen MR) is 57.4 cm³/mol. The van der Waals surface area contributed by atoms with Gasteiger partial charge in [0.1, 0.15) is 5.52 Å². The van der Waals surface area contributed by atoms with Crippen molar-refractivity contribution < 1.29 is 15.1 Å². The molecule has 2 rings (SSSR count). The van der Waals surface area contributed by atoms with Crippen molar-refractivity contribution >= 4 is 17.0 Å². The summed E-state index contributed by atoms with van der Waals surface area (Å²) < 4.78 is 0.208. The standard InChI is InChI=1S/C10H8N2O5/c13-8(14)4-5-1-2-6-7(3-5)12(17)10(16)9(15)11-6/h1-3,17H,4H2,(H,11,15)(H,13,14). The van der Waals surface area contributed by atoms with Gasteiger partial charge in [-0.1, -0.05) is 6.07 Å². The molecule has 1 heterocycles.